The van der Waals surface area contributed by atoms with Crippen LogP contribution in [-0.4, -0.2) is 17.1 Å². The molecule has 0 fully saturated rings. The summed E-state index contributed by atoms with van der Waals surface area (Å²) < 4.78 is 7.30. The van der Waals surface area contributed by atoms with Crippen LogP contribution in [0.2, 0.25) is 0 Å². The number of aryl methyl sites for hydroxylation is 2. The summed E-state index contributed by atoms with van der Waals surface area (Å²) in [5.74, 6) is -0.520. The predicted octanol–water partition coefficient (Wildman–Crippen LogP) is 4.27. The van der Waals surface area contributed by atoms with Crippen LogP contribution in [0.15, 0.2) is 35.9 Å². The number of nitrogens with zero attached hydrogens (tertiary/aromatic N) is 2. The van der Waals surface area contributed by atoms with Crippen molar-refractivity contribution in [1.82, 2.24) is 4.57 Å². The summed E-state index contributed by atoms with van der Waals surface area (Å²) in [5, 5.41) is 9.51. The maximum absolute atomic E-state index is 12.2. The minimum absolute atomic E-state index is 0.142. The molecular formula is C21H22N2O2. The van der Waals surface area contributed by atoms with E-state index in [2.05, 4.69) is 54.8 Å². The summed E-state index contributed by atoms with van der Waals surface area (Å²) in [7, 11) is 0. The number of rotatable bonds is 3. The summed E-state index contributed by atoms with van der Waals surface area (Å²) in [6, 6.07) is 12.6. The van der Waals surface area contributed by atoms with E-state index in [1.165, 1.54) is 11.3 Å². The molecule has 2 aromatic rings. The number of carbonyl (C=O) groups excluding carboxylic acids is 1. The van der Waals surface area contributed by atoms with Gasteiger partial charge in [-0.15, -0.1) is 0 Å². The molecule has 0 spiro atoms. The minimum atomic E-state index is -0.520. The molecule has 128 valence electrons. The normalized spacial score (nSPS) is 15.3. The van der Waals surface area contributed by atoms with Gasteiger partial charge >= 0.3 is 5.97 Å². The molecule has 1 aromatic carbocycles. The van der Waals surface area contributed by atoms with Gasteiger partial charge in [0.05, 0.1) is 6.61 Å². The highest BCUT2D eigenvalue weighted by Crippen LogP contribution is 2.37. The first-order valence-electron chi connectivity index (χ1n) is 8.65. The highest BCUT2D eigenvalue weighted by atomic mass is 16.5. The molecule has 0 bridgehead atoms. The molecule has 1 heterocycles. The lowest BCUT2D eigenvalue weighted by atomic mass is 9.89. The molecule has 0 atom stereocenters. The largest absolute Gasteiger partial charge is 0.462 e. The lowest BCUT2D eigenvalue weighted by molar-refractivity contribution is -0.137. The molecule has 1 aliphatic carbocycles. The Morgan fingerprint density at radius 1 is 1.24 bits per heavy atom. The maximum Gasteiger partial charge on any atom is 0.349 e. The molecule has 0 amide bonds. The fourth-order valence-corrected chi connectivity index (χ4v) is 3.52. The first-order valence-corrected chi connectivity index (χ1v) is 8.65. The van der Waals surface area contributed by atoms with Gasteiger partial charge in [-0.25, -0.2) is 4.79 Å². The number of carbonyl (C=O) groups is 1. The van der Waals surface area contributed by atoms with E-state index in [9.17, 15) is 10.1 Å². The number of nitriles is 1. The zero-order valence-electron chi connectivity index (χ0n) is 14.9. The average molecular weight is 334 g/mol. The van der Waals surface area contributed by atoms with E-state index in [0.717, 1.165) is 41.8 Å². The number of aromatic nitrogens is 1. The Kier molecular flexibility index (Phi) is 4.76. The van der Waals surface area contributed by atoms with E-state index in [4.69, 9.17) is 4.74 Å². The summed E-state index contributed by atoms with van der Waals surface area (Å²) in [5.41, 5.74) is 6.57. The fourth-order valence-electron chi connectivity index (χ4n) is 3.52. The summed E-state index contributed by atoms with van der Waals surface area (Å²) in [6.07, 6.45) is 2.58. The van der Waals surface area contributed by atoms with Crippen molar-refractivity contribution < 1.29 is 9.53 Å². The first-order chi connectivity index (χ1) is 12.1. The molecule has 0 aliphatic heterocycles. The number of hydrogen-bond acceptors (Lipinski definition) is 3. The first kappa shape index (κ1) is 17.0. The number of benzene rings is 1. The highest BCUT2D eigenvalue weighted by Gasteiger charge is 2.26. The smallest absolute Gasteiger partial charge is 0.349 e. The van der Waals surface area contributed by atoms with Crippen molar-refractivity contribution in [2.75, 3.05) is 6.61 Å². The number of ether oxygens (including phenoxy) is 1. The molecule has 1 aromatic heterocycles. The topological polar surface area (TPSA) is 55.0 Å². The summed E-state index contributed by atoms with van der Waals surface area (Å²) in [6.45, 7) is 6.16. The minimum Gasteiger partial charge on any atom is -0.462 e. The standard InChI is InChI=1S/C21H22N2O2/c1-4-25-21(24)19(13-22)17-6-5-7-20-18(17)12-15(3)23(20)16-10-8-14(2)9-11-16/h8-12H,4-7H2,1-3H3. The lowest BCUT2D eigenvalue weighted by Crippen LogP contribution is -2.13. The monoisotopic (exact) mass is 334 g/mol. The number of hydrogen-bond donors (Lipinski definition) is 0. The SMILES string of the molecule is CCOC(=O)C(C#N)=C1CCCc2c1cc(C)n2-c1ccc(C)cc1. The van der Waals surface area contributed by atoms with Gasteiger partial charge in [0.2, 0.25) is 0 Å². The Morgan fingerprint density at radius 3 is 2.60 bits per heavy atom. The zero-order valence-corrected chi connectivity index (χ0v) is 14.9. The Hall–Kier alpha value is -2.80. The fraction of sp³-hybridized carbons (Fsp3) is 0.333. The molecule has 4 heteroatoms. The third-order valence-corrected chi connectivity index (χ3v) is 4.64. The molecular weight excluding hydrogens is 312 g/mol. The molecule has 1 aliphatic rings. The van der Waals surface area contributed by atoms with Crippen molar-refractivity contribution >= 4 is 11.5 Å². The van der Waals surface area contributed by atoms with Crippen molar-refractivity contribution in [2.45, 2.75) is 40.0 Å². The van der Waals surface area contributed by atoms with Crippen molar-refractivity contribution in [1.29, 1.82) is 5.26 Å². The second-order valence-corrected chi connectivity index (χ2v) is 6.36. The van der Waals surface area contributed by atoms with E-state index in [1.807, 2.05) is 0 Å². The number of fused-ring (bicyclic) bond motifs is 1. The van der Waals surface area contributed by atoms with Gasteiger partial charge in [-0.05, 0) is 63.8 Å². The van der Waals surface area contributed by atoms with Gasteiger partial charge < -0.3 is 9.30 Å². The van der Waals surface area contributed by atoms with E-state index in [0.29, 0.717) is 0 Å². The van der Waals surface area contributed by atoms with Crippen LogP contribution in [0.1, 0.15) is 42.3 Å². The van der Waals surface area contributed by atoms with E-state index in [-0.39, 0.29) is 12.2 Å². The van der Waals surface area contributed by atoms with Gasteiger partial charge in [0.15, 0.2) is 0 Å². The van der Waals surface area contributed by atoms with Gasteiger partial charge in [0, 0.05) is 22.6 Å². The molecule has 0 N–H and O–H groups in total. The predicted molar refractivity (Wildman–Crippen MR) is 97.3 cm³/mol. The van der Waals surface area contributed by atoms with Crippen LogP contribution in [0.25, 0.3) is 11.3 Å². The summed E-state index contributed by atoms with van der Waals surface area (Å²) in [4.78, 5) is 12.2. The third kappa shape index (κ3) is 3.10. The molecule has 0 radical (unpaired) electrons. The van der Waals surface area contributed by atoms with Crippen LogP contribution in [0, 0.1) is 25.2 Å². The Labute approximate surface area is 148 Å². The molecule has 0 saturated carbocycles. The van der Waals surface area contributed by atoms with Crippen molar-refractivity contribution in [3.05, 3.63) is 58.4 Å². The van der Waals surface area contributed by atoms with Crippen LogP contribution >= 0.6 is 0 Å². The van der Waals surface area contributed by atoms with Gasteiger partial charge in [-0.3, -0.25) is 0 Å². The zero-order chi connectivity index (χ0) is 18.0. The van der Waals surface area contributed by atoms with Crippen LogP contribution in [0.5, 0.6) is 0 Å². The van der Waals surface area contributed by atoms with Crippen LogP contribution in [0.3, 0.4) is 0 Å². The molecule has 3 rings (SSSR count). The van der Waals surface area contributed by atoms with E-state index in [1.54, 1.807) is 6.92 Å². The second-order valence-electron chi connectivity index (χ2n) is 6.36. The number of esters is 1. The van der Waals surface area contributed by atoms with Crippen molar-refractivity contribution in [3.63, 3.8) is 0 Å². The molecule has 25 heavy (non-hydrogen) atoms. The quantitative estimate of drug-likeness (QED) is 0.478. The molecule has 4 nitrogen and oxygen atoms in total. The van der Waals surface area contributed by atoms with Gasteiger partial charge in [0.1, 0.15) is 11.6 Å². The van der Waals surface area contributed by atoms with Gasteiger partial charge in [-0.1, -0.05) is 17.7 Å². The Bertz CT molecular complexity index is 880. The lowest BCUT2D eigenvalue weighted by Gasteiger charge is -2.20. The molecule has 0 unspecified atom stereocenters. The van der Waals surface area contributed by atoms with Crippen molar-refractivity contribution in [3.8, 4) is 11.8 Å². The van der Waals surface area contributed by atoms with Gasteiger partial charge in [0.25, 0.3) is 0 Å². The van der Waals surface area contributed by atoms with Crippen molar-refractivity contribution in [2.24, 2.45) is 0 Å². The second kappa shape index (κ2) is 6.98. The summed E-state index contributed by atoms with van der Waals surface area (Å²) >= 11 is 0. The Morgan fingerprint density at radius 2 is 1.96 bits per heavy atom. The van der Waals surface area contributed by atoms with Crippen LogP contribution in [-0.2, 0) is 16.0 Å². The van der Waals surface area contributed by atoms with E-state index >= 15 is 0 Å². The number of allylic oxidation sites excluding steroid dienone is 1. The highest BCUT2D eigenvalue weighted by molar-refractivity contribution is 6.02. The molecule has 0 saturated heterocycles. The van der Waals surface area contributed by atoms with Crippen LogP contribution < -0.4 is 0 Å². The maximum atomic E-state index is 12.2. The Balaban J connectivity index is 2.16. The third-order valence-electron chi connectivity index (χ3n) is 4.64. The average Bonchev–Trinajstić information content (AvgIpc) is 2.93. The van der Waals surface area contributed by atoms with E-state index < -0.39 is 5.97 Å². The van der Waals surface area contributed by atoms with Gasteiger partial charge in [-0.2, -0.15) is 5.26 Å². The van der Waals surface area contributed by atoms with Crippen LogP contribution in [0.4, 0.5) is 0 Å².